The summed E-state index contributed by atoms with van der Waals surface area (Å²) in [5, 5.41) is 40.1. The van der Waals surface area contributed by atoms with Gasteiger partial charge in [-0.2, -0.15) is 5.26 Å². The van der Waals surface area contributed by atoms with Gasteiger partial charge in [0.15, 0.2) is 0 Å². The van der Waals surface area contributed by atoms with Gasteiger partial charge in [-0.3, -0.25) is 4.90 Å². The molecule has 2 saturated heterocycles. The van der Waals surface area contributed by atoms with Crippen LogP contribution < -0.4 is 4.74 Å². The SMILES string of the molecule is N#Cc1cccc(OCCCCN2CCN3CCCCC3C2)c1.O=C(O)C=CC(=O)O.O=C(O)C=CC(=O)O. The van der Waals surface area contributed by atoms with Crippen LogP contribution in [0.3, 0.4) is 0 Å². The van der Waals surface area contributed by atoms with Gasteiger partial charge in [0, 0.05) is 50.0 Å². The Bertz CT molecular complexity index is 983. The van der Waals surface area contributed by atoms with Crippen LogP contribution in [0, 0.1) is 11.3 Å². The van der Waals surface area contributed by atoms with Crippen LogP contribution in [-0.4, -0.2) is 99.5 Å². The van der Waals surface area contributed by atoms with E-state index in [0.717, 1.165) is 24.8 Å². The van der Waals surface area contributed by atoms with Gasteiger partial charge in [-0.1, -0.05) is 12.5 Å². The molecule has 212 valence electrons. The first-order chi connectivity index (χ1) is 18.6. The Morgan fingerprint density at radius 1 is 0.897 bits per heavy atom. The maximum absolute atomic E-state index is 9.55. The highest BCUT2D eigenvalue weighted by Gasteiger charge is 2.28. The van der Waals surface area contributed by atoms with E-state index in [-0.39, 0.29) is 0 Å². The van der Waals surface area contributed by atoms with Gasteiger partial charge in [0.1, 0.15) is 5.75 Å². The molecule has 3 rings (SSSR count). The number of unbranched alkanes of at least 4 members (excludes halogenated alkanes) is 1. The van der Waals surface area contributed by atoms with Crippen molar-refractivity contribution >= 4 is 23.9 Å². The average molecular weight is 546 g/mol. The van der Waals surface area contributed by atoms with Crippen LogP contribution in [-0.2, 0) is 19.2 Å². The smallest absolute Gasteiger partial charge is 0.328 e. The molecule has 0 aromatic heterocycles. The predicted octanol–water partition coefficient (Wildman–Crippen LogP) is 2.31. The lowest BCUT2D eigenvalue weighted by Gasteiger charge is -2.44. The Kier molecular flexibility index (Phi) is 15.9. The van der Waals surface area contributed by atoms with Crippen LogP contribution in [0.4, 0.5) is 0 Å². The number of ether oxygens (including phenoxy) is 1. The standard InChI is InChI=1S/C19H27N3O.2C4H4O4/c20-15-17-6-5-8-19(14-17)23-13-4-3-9-21-11-12-22-10-2-1-7-18(22)16-21;2*5-3(6)1-2-4(7)8/h5-6,8,14,18H,1-4,7,9-13,16H2;2*1-2H,(H,5,6)(H,7,8). The normalized spacial score (nSPS) is 17.1. The molecule has 1 aromatic rings. The zero-order valence-corrected chi connectivity index (χ0v) is 21.6. The molecule has 1 aromatic carbocycles. The number of rotatable bonds is 10. The second-order valence-electron chi connectivity index (χ2n) is 8.70. The van der Waals surface area contributed by atoms with Gasteiger partial charge in [0.2, 0.25) is 0 Å². The minimum Gasteiger partial charge on any atom is -0.494 e. The molecule has 12 heteroatoms. The highest BCUT2D eigenvalue weighted by molar-refractivity contribution is 5.90. The number of nitrogens with zero attached hydrogens (tertiary/aromatic N) is 3. The molecule has 1 atom stereocenters. The van der Waals surface area contributed by atoms with E-state index in [2.05, 4.69) is 15.9 Å². The molecule has 0 aliphatic carbocycles. The van der Waals surface area contributed by atoms with Gasteiger partial charge >= 0.3 is 23.9 Å². The number of piperazine rings is 1. The fourth-order valence-corrected chi connectivity index (χ4v) is 3.99. The van der Waals surface area contributed by atoms with E-state index in [9.17, 15) is 19.2 Å². The third-order valence-corrected chi connectivity index (χ3v) is 5.76. The molecule has 1 unspecified atom stereocenters. The van der Waals surface area contributed by atoms with Crippen LogP contribution in [0.2, 0.25) is 0 Å². The number of carbonyl (C=O) groups is 4. The molecule has 0 radical (unpaired) electrons. The summed E-state index contributed by atoms with van der Waals surface area (Å²) in [5.41, 5.74) is 0.660. The largest absolute Gasteiger partial charge is 0.494 e. The maximum atomic E-state index is 9.55. The highest BCUT2D eigenvalue weighted by atomic mass is 16.5. The predicted molar refractivity (Wildman–Crippen MR) is 140 cm³/mol. The number of carboxylic acids is 4. The molecule has 12 nitrogen and oxygen atoms in total. The summed E-state index contributed by atoms with van der Waals surface area (Å²) in [7, 11) is 0. The first-order valence-electron chi connectivity index (χ1n) is 12.5. The maximum Gasteiger partial charge on any atom is 0.328 e. The summed E-state index contributed by atoms with van der Waals surface area (Å²) in [6.07, 6.45) is 8.67. The molecule has 0 saturated carbocycles. The summed E-state index contributed by atoms with van der Waals surface area (Å²) < 4.78 is 5.75. The number of aliphatic carboxylic acids is 4. The lowest BCUT2D eigenvalue weighted by molar-refractivity contribution is -0.134. The summed E-state index contributed by atoms with van der Waals surface area (Å²) in [5.74, 6) is -4.22. The van der Waals surface area contributed by atoms with Gasteiger partial charge in [-0.05, 0) is 57.0 Å². The van der Waals surface area contributed by atoms with Crippen molar-refractivity contribution in [3.8, 4) is 11.8 Å². The van der Waals surface area contributed by atoms with Crippen LogP contribution in [0.15, 0.2) is 48.6 Å². The fourth-order valence-electron chi connectivity index (χ4n) is 3.99. The molecule has 2 fully saturated rings. The summed E-state index contributed by atoms with van der Waals surface area (Å²) >= 11 is 0. The third-order valence-electron chi connectivity index (χ3n) is 5.76. The second-order valence-corrected chi connectivity index (χ2v) is 8.70. The number of hydrogen-bond donors (Lipinski definition) is 4. The minimum absolute atomic E-state index is 0.558. The number of fused-ring (bicyclic) bond motifs is 1. The van der Waals surface area contributed by atoms with Crippen LogP contribution >= 0.6 is 0 Å². The van der Waals surface area contributed by atoms with Crippen molar-refractivity contribution < 1.29 is 44.3 Å². The van der Waals surface area contributed by atoms with E-state index in [4.69, 9.17) is 30.4 Å². The van der Waals surface area contributed by atoms with Crippen molar-refractivity contribution in [2.75, 3.05) is 39.3 Å². The Hall–Kier alpha value is -4.21. The Morgan fingerprint density at radius 2 is 1.51 bits per heavy atom. The lowest BCUT2D eigenvalue weighted by atomic mass is 9.99. The molecular formula is C27H35N3O9. The fraction of sp³-hybridized carbons (Fsp3) is 0.444. The summed E-state index contributed by atoms with van der Waals surface area (Å²) in [6.45, 7) is 6.97. The van der Waals surface area contributed by atoms with Crippen molar-refractivity contribution in [3.63, 3.8) is 0 Å². The molecule has 2 aliphatic heterocycles. The van der Waals surface area contributed by atoms with Gasteiger partial charge in [0.25, 0.3) is 0 Å². The lowest BCUT2D eigenvalue weighted by Crippen LogP contribution is -2.54. The molecule has 0 spiro atoms. The van der Waals surface area contributed by atoms with Crippen molar-refractivity contribution in [1.82, 2.24) is 9.80 Å². The number of hydrogen-bond acceptors (Lipinski definition) is 8. The minimum atomic E-state index is -1.26. The zero-order valence-electron chi connectivity index (χ0n) is 21.6. The van der Waals surface area contributed by atoms with Crippen LogP contribution in [0.25, 0.3) is 0 Å². The molecule has 39 heavy (non-hydrogen) atoms. The molecule has 0 amide bonds. The first-order valence-corrected chi connectivity index (χ1v) is 12.5. The number of benzene rings is 1. The summed E-state index contributed by atoms with van der Waals surface area (Å²) in [6, 6.07) is 10.4. The molecule has 2 heterocycles. The van der Waals surface area contributed by atoms with Gasteiger partial charge in [0.05, 0.1) is 18.2 Å². The van der Waals surface area contributed by atoms with Crippen molar-refractivity contribution in [3.05, 3.63) is 54.1 Å². The number of piperidine rings is 1. The first kappa shape index (κ1) is 32.8. The number of carboxylic acid groups (broad SMARTS) is 4. The van der Waals surface area contributed by atoms with E-state index in [1.54, 1.807) is 6.07 Å². The van der Waals surface area contributed by atoms with E-state index in [1.165, 1.54) is 58.4 Å². The van der Waals surface area contributed by atoms with E-state index in [0.29, 0.717) is 29.9 Å². The van der Waals surface area contributed by atoms with Crippen molar-refractivity contribution in [2.45, 2.75) is 38.1 Å². The third kappa shape index (κ3) is 16.3. The molecular weight excluding hydrogens is 510 g/mol. The zero-order chi connectivity index (χ0) is 29.0. The van der Waals surface area contributed by atoms with E-state index >= 15 is 0 Å². The van der Waals surface area contributed by atoms with E-state index in [1.807, 2.05) is 18.2 Å². The van der Waals surface area contributed by atoms with Crippen molar-refractivity contribution in [2.24, 2.45) is 0 Å². The van der Waals surface area contributed by atoms with Crippen molar-refractivity contribution in [1.29, 1.82) is 5.26 Å². The average Bonchev–Trinajstić information content (AvgIpc) is 2.91. The Balaban J connectivity index is 0.000000393. The van der Waals surface area contributed by atoms with Gasteiger partial charge < -0.3 is 30.1 Å². The van der Waals surface area contributed by atoms with E-state index < -0.39 is 23.9 Å². The van der Waals surface area contributed by atoms with Gasteiger partial charge in [-0.25, -0.2) is 19.2 Å². The topological polar surface area (TPSA) is 189 Å². The van der Waals surface area contributed by atoms with Crippen LogP contribution in [0.5, 0.6) is 5.75 Å². The quantitative estimate of drug-likeness (QED) is 0.248. The van der Waals surface area contributed by atoms with Crippen LogP contribution in [0.1, 0.15) is 37.7 Å². The Morgan fingerprint density at radius 3 is 2.08 bits per heavy atom. The number of nitriles is 1. The van der Waals surface area contributed by atoms with Gasteiger partial charge in [-0.15, -0.1) is 0 Å². The molecule has 4 N–H and O–H groups in total. The Labute approximate surface area is 227 Å². The monoisotopic (exact) mass is 545 g/mol. The highest BCUT2D eigenvalue weighted by Crippen LogP contribution is 2.21. The molecule has 0 bridgehead atoms. The molecule has 2 aliphatic rings. The summed E-state index contributed by atoms with van der Waals surface area (Å²) in [4.78, 5) is 43.5. The second kappa shape index (κ2) is 18.9.